The molecule has 0 spiro atoms. The molecule has 3 heterocycles. The SMILES string of the molecule is CCc1nsc(N2CCCN(CCn3cc(Br)cn3)CC2)n1. The summed E-state index contributed by atoms with van der Waals surface area (Å²) in [5, 5.41) is 5.39. The van der Waals surface area contributed by atoms with Crippen LogP contribution in [0.25, 0.3) is 0 Å². The van der Waals surface area contributed by atoms with Gasteiger partial charge in [0.1, 0.15) is 5.82 Å². The topological polar surface area (TPSA) is 50.1 Å². The normalized spacial score (nSPS) is 16.9. The van der Waals surface area contributed by atoms with Crippen molar-refractivity contribution < 1.29 is 0 Å². The highest BCUT2D eigenvalue weighted by Crippen LogP contribution is 2.19. The van der Waals surface area contributed by atoms with Gasteiger partial charge < -0.3 is 4.90 Å². The van der Waals surface area contributed by atoms with E-state index in [9.17, 15) is 0 Å². The van der Waals surface area contributed by atoms with Gasteiger partial charge >= 0.3 is 0 Å². The van der Waals surface area contributed by atoms with Crippen molar-refractivity contribution >= 4 is 32.6 Å². The van der Waals surface area contributed by atoms with Crippen LogP contribution in [-0.4, -0.2) is 56.8 Å². The van der Waals surface area contributed by atoms with E-state index in [1.807, 2.05) is 17.1 Å². The molecule has 0 atom stereocenters. The molecule has 1 aliphatic heterocycles. The Morgan fingerprint density at radius 2 is 2.14 bits per heavy atom. The Balaban J connectivity index is 1.51. The first-order chi connectivity index (χ1) is 10.7. The maximum atomic E-state index is 4.61. The second-order valence-electron chi connectivity index (χ2n) is 5.45. The molecule has 0 bridgehead atoms. The van der Waals surface area contributed by atoms with Crippen molar-refractivity contribution in [3.05, 3.63) is 22.7 Å². The quantitative estimate of drug-likeness (QED) is 0.791. The maximum Gasteiger partial charge on any atom is 0.205 e. The maximum absolute atomic E-state index is 4.61. The average molecular weight is 385 g/mol. The predicted molar refractivity (Wildman–Crippen MR) is 92.5 cm³/mol. The zero-order valence-corrected chi connectivity index (χ0v) is 15.2. The molecule has 6 nitrogen and oxygen atoms in total. The molecule has 3 rings (SSSR count). The lowest BCUT2D eigenvalue weighted by Crippen LogP contribution is -2.32. The number of aromatic nitrogens is 4. The molecule has 0 aliphatic carbocycles. The van der Waals surface area contributed by atoms with Crippen molar-refractivity contribution in [2.75, 3.05) is 37.6 Å². The molecule has 2 aromatic rings. The van der Waals surface area contributed by atoms with E-state index in [4.69, 9.17) is 0 Å². The average Bonchev–Trinajstić information content (AvgIpc) is 3.09. The minimum atomic E-state index is 0.913. The Labute approximate surface area is 143 Å². The van der Waals surface area contributed by atoms with E-state index >= 15 is 0 Å². The van der Waals surface area contributed by atoms with Gasteiger partial charge in [-0.15, -0.1) is 0 Å². The summed E-state index contributed by atoms with van der Waals surface area (Å²) < 4.78 is 7.43. The van der Waals surface area contributed by atoms with Crippen LogP contribution in [0.2, 0.25) is 0 Å². The molecule has 2 aromatic heterocycles. The Hall–Kier alpha value is -0.990. The van der Waals surface area contributed by atoms with Crippen LogP contribution >= 0.6 is 27.5 Å². The van der Waals surface area contributed by atoms with Gasteiger partial charge in [0, 0.05) is 50.3 Å². The first kappa shape index (κ1) is 15.9. The number of nitrogens with zero attached hydrogens (tertiary/aromatic N) is 6. The molecular weight excluding hydrogens is 364 g/mol. The van der Waals surface area contributed by atoms with Crippen LogP contribution in [0.5, 0.6) is 0 Å². The van der Waals surface area contributed by atoms with Crippen LogP contribution in [0.1, 0.15) is 19.2 Å². The summed E-state index contributed by atoms with van der Waals surface area (Å²) >= 11 is 4.97. The third-order valence-corrected chi connectivity index (χ3v) is 5.10. The van der Waals surface area contributed by atoms with Gasteiger partial charge in [-0.2, -0.15) is 9.47 Å². The number of aryl methyl sites for hydroxylation is 1. The van der Waals surface area contributed by atoms with Crippen molar-refractivity contribution in [1.82, 2.24) is 24.0 Å². The summed E-state index contributed by atoms with van der Waals surface area (Å²) in [7, 11) is 0. The van der Waals surface area contributed by atoms with Gasteiger partial charge in [-0.25, -0.2) is 4.98 Å². The predicted octanol–water partition coefficient (Wildman–Crippen LogP) is 2.27. The Kier molecular flexibility index (Phi) is 5.43. The van der Waals surface area contributed by atoms with Crippen LogP contribution in [0.4, 0.5) is 5.13 Å². The van der Waals surface area contributed by atoms with Crippen molar-refractivity contribution in [1.29, 1.82) is 0 Å². The molecule has 0 aromatic carbocycles. The summed E-state index contributed by atoms with van der Waals surface area (Å²) in [4.78, 5) is 9.50. The molecule has 1 fully saturated rings. The molecule has 0 amide bonds. The van der Waals surface area contributed by atoms with Crippen LogP contribution < -0.4 is 4.90 Å². The standard InChI is InChI=1S/C14H21BrN6S/c1-2-13-17-14(22-18-13)20-5-3-4-19(6-8-20)7-9-21-11-12(15)10-16-21/h10-11H,2-9H2,1H3. The number of hydrogen-bond donors (Lipinski definition) is 0. The van der Waals surface area contributed by atoms with E-state index < -0.39 is 0 Å². The van der Waals surface area contributed by atoms with Gasteiger partial charge in [-0.05, 0) is 28.9 Å². The fourth-order valence-corrected chi connectivity index (χ4v) is 3.74. The van der Waals surface area contributed by atoms with Crippen LogP contribution in [0.3, 0.4) is 0 Å². The van der Waals surface area contributed by atoms with Gasteiger partial charge in [0.25, 0.3) is 0 Å². The van der Waals surface area contributed by atoms with Gasteiger partial charge in [-0.3, -0.25) is 9.58 Å². The number of rotatable bonds is 5. The van der Waals surface area contributed by atoms with Crippen molar-refractivity contribution in [2.24, 2.45) is 0 Å². The largest absolute Gasteiger partial charge is 0.346 e. The molecule has 8 heteroatoms. The Bertz CT molecular complexity index is 598. The van der Waals surface area contributed by atoms with Gasteiger partial charge in [0.05, 0.1) is 17.2 Å². The van der Waals surface area contributed by atoms with Crippen LogP contribution in [0, 0.1) is 0 Å². The highest BCUT2D eigenvalue weighted by atomic mass is 79.9. The summed E-state index contributed by atoms with van der Waals surface area (Å²) in [5.74, 6) is 0.963. The summed E-state index contributed by atoms with van der Waals surface area (Å²) in [6, 6.07) is 0. The molecule has 0 unspecified atom stereocenters. The van der Waals surface area contributed by atoms with Crippen molar-refractivity contribution in [3.63, 3.8) is 0 Å². The first-order valence-corrected chi connectivity index (χ1v) is 9.29. The highest BCUT2D eigenvalue weighted by Gasteiger charge is 2.17. The zero-order chi connectivity index (χ0) is 15.4. The fraction of sp³-hybridized carbons (Fsp3) is 0.643. The fourth-order valence-electron chi connectivity index (χ4n) is 2.61. The highest BCUT2D eigenvalue weighted by molar-refractivity contribution is 9.10. The van der Waals surface area contributed by atoms with Crippen molar-refractivity contribution in [3.8, 4) is 0 Å². The zero-order valence-electron chi connectivity index (χ0n) is 12.8. The summed E-state index contributed by atoms with van der Waals surface area (Å²) in [6.45, 7) is 8.39. The summed E-state index contributed by atoms with van der Waals surface area (Å²) in [6.07, 6.45) is 5.95. The van der Waals surface area contributed by atoms with E-state index in [0.717, 1.165) is 61.1 Å². The van der Waals surface area contributed by atoms with E-state index in [-0.39, 0.29) is 0 Å². The lowest BCUT2D eigenvalue weighted by atomic mass is 10.4. The molecule has 1 saturated heterocycles. The van der Waals surface area contributed by atoms with Crippen molar-refractivity contribution in [2.45, 2.75) is 26.3 Å². The molecule has 0 radical (unpaired) electrons. The third kappa shape index (κ3) is 4.05. The van der Waals surface area contributed by atoms with E-state index in [1.54, 1.807) is 0 Å². The smallest absolute Gasteiger partial charge is 0.205 e. The lowest BCUT2D eigenvalue weighted by molar-refractivity contribution is 0.276. The molecular formula is C14H21BrN6S. The molecule has 120 valence electrons. The van der Waals surface area contributed by atoms with Gasteiger partial charge in [-0.1, -0.05) is 6.92 Å². The van der Waals surface area contributed by atoms with Crippen LogP contribution in [0.15, 0.2) is 16.9 Å². The number of anilines is 1. The second-order valence-corrected chi connectivity index (χ2v) is 7.10. The lowest BCUT2D eigenvalue weighted by Gasteiger charge is -2.21. The Morgan fingerprint density at radius 1 is 1.23 bits per heavy atom. The Morgan fingerprint density at radius 3 is 2.86 bits per heavy atom. The second kappa shape index (κ2) is 7.52. The summed E-state index contributed by atoms with van der Waals surface area (Å²) in [5.41, 5.74) is 0. The van der Waals surface area contributed by atoms with E-state index in [1.165, 1.54) is 18.0 Å². The van der Waals surface area contributed by atoms with E-state index in [2.05, 4.69) is 47.1 Å². The third-order valence-electron chi connectivity index (χ3n) is 3.88. The number of halogens is 1. The minimum Gasteiger partial charge on any atom is -0.346 e. The molecule has 1 aliphatic rings. The minimum absolute atomic E-state index is 0.913. The molecule has 0 saturated carbocycles. The molecule has 22 heavy (non-hydrogen) atoms. The molecule has 0 N–H and O–H groups in total. The van der Waals surface area contributed by atoms with Crippen LogP contribution in [-0.2, 0) is 13.0 Å². The monoisotopic (exact) mass is 384 g/mol. The van der Waals surface area contributed by atoms with Gasteiger partial charge in [0.15, 0.2) is 0 Å². The first-order valence-electron chi connectivity index (χ1n) is 7.72. The van der Waals surface area contributed by atoms with Gasteiger partial charge in [0.2, 0.25) is 5.13 Å². The number of hydrogen-bond acceptors (Lipinski definition) is 6. The van der Waals surface area contributed by atoms with E-state index in [0.29, 0.717) is 0 Å².